The van der Waals surface area contributed by atoms with Crippen LogP contribution in [0.1, 0.15) is 65.2 Å². The van der Waals surface area contributed by atoms with E-state index in [2.05, 4.69) is 23.9 Å². The zero-order chi connectivity index (χ0) is 19.4. The third kappa shape index (κ3) is 2.42. The second-order valence-electron chi connectivity index (χ2n) is 10.2. The molecule has 6 heteroatoms. The van der Waals surface area contributed by atoms with Crippen LogP contribution in [-0.4, -0.2) is 30.8 Å². The number of methoxy groups -OCH3 is 1. The predicted molar refractivity (Wildman–Crippen MR) is 102 cm³/mol. The molecule has 0 unspecified atom stereocenters. The van der Waals surface area contributed by atoms with Crippen LogP contribution in [0.2, 0.25) is 0 Å². The van der Waals surface area contributed by atoms with Crippen molar-refractivity contribution in [1.29, 1.82) is 0 Å². The Hall–Kier alpha value is -1.26. The molecule has 150 valence electrons. The summed E-state index contributed by atoms with van der Waals surface area (Å²) in [4.78, 5) is 15.7. The van der Waals surface area contributed by atoms with Crippen LogP contribution >= 0.6 is 0 Å². The van der Waals surface area contributed by atoms with Gasteiger partial charge >= 0.3 is 5.97 Å². The largest absolute Gasteiger partial charge is 0.469 e. The van der Waals surface area contributed by atoms with Gasteiger partial charge in [0.1, 0.15) is 0 Å². The molecule has 5 aliphatic rings. The zero-order valence-corrected chi connectivity index (χ0v) is 16.9. The van der Waals surface area contributed by atoms with E-state index in [9.17, 15) is 9.90 Å². The lowest BCUT2D eigenvalue weighted by Gasteiger charge is -2.70. The number of carbonyl (C=O) groups is 1. The number of fused-ring (bicyclic) bond motifs is 3. The fourth-order valence-electron chi connectivity index (χ4n) is 8.33. The fourth-order valence-corrected chi connectivity index (χ4v) is 8.33. The van der Waals surface area contributed by atoms with Crippen LogP contribution in [0.4, 0.5) is 0 Å². The van der Waals surface area contributed by atoms with Crippen molar-refractivity contribution in [2.24, 2.45) is 45.0 Å². The van der Waals surface area contributed by atoms with E-state index in [1.165, 1.54) is 7.11 Å². The van der Waals surface area contributed by atoms with E-state index in [1.54, 1.807) is 0 Å². The molecule has 0 radical (unpaired) electrons. The van der Waals surface area contributed by atoms with E-state index >= 15 is 0 Å². The van der Waals surface area contributed by atoms with Gasteiger partial charge in [0.15, 0.2) is 0 Å². The smallest absolute Gasteiger partial charge is 0.311 e. The minimum atomic E-state index is -0.407. The Morgan fingerprint density at radius 1 is 1.22 bits per heavy atom. The van der Waals surface area contributed by atoms with Crippen LogP contribution < -0.4 is 0 Å². The number of azide groups is 1. The molecule has 5 aliphatic carbocycles. The highest BCUT2D eigenvalue weighted by atomic mass is 16.5. The SMILES string of the molecule is COC(=O)[C@]1(C)CCC[C@@]2(C)[C@@H]3C[C@H]4CC[C@@]3(CC[C@@H]21)[C@H](O)[C@H]4CN=[N+]=[N-]. The van der Waals surface area contributed by atoms with Crippen molar-refractivity contribution in [3.05, 3.63) is 10.4 Å². The number of hydrogen-bond acceptors (Lipinski definition) is 4. The minimum Gasteiger partial charge on any atom is -0.469 e. The maximum absolute atomic E-state index is 12.7. The average Bonchev–Trinajstić information content (AvgIpc) is 2.67. The lowest BCUT2D eigenvalue weighted by Crippen LogP contribution is -2.67. The van der Waals surface area contributed by atoms with Gasteiger partial charge in [0.25, 0.3) is 0 Å². The molecule has 0 aromatic heterocycles. The highest BCUT2D eigenvalue weighted by molar-refractivity contribution is 5.77. The first-order valence-electron chi connectivity index (χ1n) is 10.6. The van der Waals surface area contributed by atoms with E-state index in [0.717, 1.165) is 51.4 Å². The van der Waals surface area contributed by atoms with Crippen LogP contribution in [0.5, 0.6) is 0 Å². The molecule has 0 amide bonds. The van der Waals surface area contributed by atoms with Gasteiger partial charge in [0, 0.05) is 11.5 Å². The third-order valence-electron chi connectivity index (χ3n) is 9.49. The number of aliphatic hydroxyl groups is 1. The monoisotopic (exact) mass is 375 g/mol. The van der Waals surface area contributed by atoms with Crippen LogP contribution in [0.15, 0.2) is 5.11 Å². The Balaban J connectivity index is 1.70. The molecule has 1 spiro atoms. The summed E-state index contributed by atoms with van der Waals surface area (Å²) in [5, 5.41) is 15.2. The maximum Gasteiger partial charge on any atom is 0.311 e. The highest BCUT2D eigenvalue weighted by Crippen LogP contribution is 2.72. The molecule has 2 bridgehead atoms. The molecule has 0 aromatic rings. The van der Waals surface area contributed by atoms with Gasteiger partial charge in [-0.15, -0.1) is 0 Å². The third-order valence-corrected chi connectivity index (χ3v) is 9.49. The van der Waals surface area contributed by atoms with E-state index < -0.39 is 5.41 Å². The molecule has 0 aliphatic heterocycles. The van der Waals surface area contributed by atoms with Crippen LogP contribution in [0, 0.1) is 39.9 Å². The van der Waals surface area contributed by atoms with E-state index in [0.29, 0.717) is 24.3 Å². The normalized spacial score (nSPS) is 50.9. The molecule has 0 heterocycles. The second kappa shape index (κ2) is 6.38. The lowest BCUT2D eigenvalue weighted by atomic mass is 9.35. The lowest BCUT2D eigenvalue weighted by molar-refractivity contribution is -0.243. The number of aliphatic hydroxyl groups excluding tert-OH is 1. The van der Waals surface area contributed by atoms with Crippen molar-refractivity contribution in [2.75, 3.05) is 13.7 Å². The first kappa shape index (κ1) is 19.1. The predicted octanol–water partition coefficient (Wildman–Crippen LogP) is 4.47. The summed E-state index contributed by atoms with van der Waals surface area (Å²) >= 11 is 0. The average molecular weight is 376 g/mol. The van der Waals surface area contributed by atoms with Gasteiger partial charge in [-0.25, -0.2) is 0 Å². The Morgan fingerprint density at radius 2 is 1.96 bits per heavy atom. The van der Waals surface area contributed by atoms with Crippen LogP contribution in [0.25, 0.3) is 10.4 Å². The van der Waals surface area contributed by atoms with Gasteiger partial charge in [-0.2, -0.15) is 0 Å². The second-order valence-corrected chi connectivity index (χ2v) is 10.2. The number of rotatable bonds is 3. The summed E-state index contributed by atoms with van der Waals surface area (Å²) in [6, 6.07) is 0. The van der Waals surface area contributed by atoms with Gasteiger partial charge in [-0.05, 0) is 91.9 Å². The summed E-state index contributed by atoms with van der Waals surface area (Å²) in [6.45, 7) is 4.91. The van der Waals surface area contributed by atoms with E-state index in [-0.39, 0.29) is 28.8 Å². The molecular formula is C21H33N3O3. The number of carbonyl (C=O) groups excluding carboxylic acids is 1. The van der Waals surface area contributed by atoms with E-state index in [4.69, 9.17) is 10.3 Å². The van der Waals surface area contributed by atoms with Crippen molar-refractivity contribution in [3.63, 3.8) is 0 Å². The van der Waals surface area contributed by atoms with Gasteiger partial charge in [0.2, 0.25) is 0 Å². The van der Waals surface area contributed by atoms with Gasteiger partial charge in [0.05, 0.1) is 18.6 Å². The molecular weight excluding hydrogens is 342 g/mol. The zero-order valence-electron chi connectivity index (χ0n) is 16.9. The van der Waals surface area contributed by atoms with Crippen molar-refractivity contribution in [2.45, 2.75) is 71.3 Å². The summed E-state index contributed by atoms with van der Waals surface area (Å²) in [5.41, 5.74) is 8.34. The number of nitrogens with zero attached hydrogens (tertiary/aromatic N) is 3. The summed E-state index contributed by atoms with van der Waals surface area (Å²) in [5.74, 6) is 1.24. The molecule has 1 N–H and O–H groups in total. The molecule has 0 aromatic carbocycles. The molecule has 27 heavy (non-hydrogen) atoms. The van der Waals surface area contributed by atoms with Crippen molar-refractivity contribution >= 4 is 5.97 Å². The van der Waals surface area contributed by atoms with E-state index in [1.807, 2.05) is 0 Å². The topological polar surface area (TPSA) is 95.3 Å². The molecule has 0 saturated heterocycles. The molecule has 8 atom stereocenters. The van der Waals surface area contributed by atoms with Crippen molar-refractivity contribution in [3.8, 4) is 0 Å². The Bertz CT molecular complexity index is 678. The highest BCUT2D eigenvalue weighted by Gasteiger charge is 2.68. The van der Waals surface area contributed by atoms with Crippen molar-refractivity contribution < 1.29 is 14.6 Å². The quantitative estimate of drug-likeness (QED) is 0.341. The first-order chi connectivity index (χ1) is 12.8. The molecule has 5 fully saturated rings. The fraction of sp³-hybridized carbons (Fsp3) is 0.952. The summed E-state index contributed by atoms with van der Waals surface area (Å²) in [7, 11) is 1.51. The number of ether oxygens (including phenoxy) is 1. The molecule has 6 nitrogen and oxygen atoms in total. The molecule has 5 rings (SSSR count). The van der Waals surface area contributed by atoms with Gasteiger partial charge in [-0.1, -0.05) is 18.5 Å². The van der Waals surface area contributed by atoms with Crippen LogP contribution in [-0.2, 0) is 9.53 Å². The Morgan fingerprint density at radius 3 is 2.67 bits per heavy atom. The first-order valence-corrected chi connectivity index (χ1v) is 10.6. The van der Waals surface area contributed by atoms with Crippen LogP contribution in [0.3, 0.4) is 0 Å². The number of hydrogen-bond donors (Lipinski definition) is 1. The van der Waals surface area contributed by atoms with Gasteiger partial charge in [-0.3, -0.25) is 4.79 Å². The molecule has 5 saturated carbocycles. The minimum absolute atomic E-state index is 0.0582. The number of esters is 1. The maximum atomic E-state index is 12.7. The summed E-state index contributed by atoms with van der Waals surface area (Å²) in [6.07, 6.45) is 7.98. The standard InChI is InChI=1S/C21H33N3O3/c1-19-7-4-8-20(2,18(26)27-3)15(19)6-10-21-9-5-13(11-16(19)21)14(17(21)25)12-23-24-22/h13-17,25H,4-12H2,1-3H3/t13-,14+,15+,16+,17-,19-,20-,21+/m1/s1. The van der Waals surface area contributed by atoms with Crippen molar-refractivity contribution in [1.82, 2.24) is 0 Å². The summed E-state index contributed by atoms with van der Waals surface area (Å²) < 4.78 is 5.23. The Labute approximate surface area is 161 Å². The van der Waals surface area contributed by atoms with Gasteiger partial charge < -0.3 is 9.84 Å². The Kier molecular flexibility index (Phi) is 4.51.